The first-order chi connectivity index (χ1) is 6.95. The van der Waals surface area contributed by atoms with Gasteiger partial charge in [0.25, 0.3) is 0 Å². The summed E-state index contributed by atoms with van der Waals surface area (Å²) in [5.41, 5.74) is 2.37. The molecule has 2 aliphatic carbocycles. The van der Waals surface area contributed by atoms with Crippen LogP contribution >= 0.6 is 0 Å². The second kappa shape index (κ2) is 3.37. The van der Waals surface area contributed by atoms with Crippen LogP contribution in [-0.4, -0.2) is 0 Å². The van der Waals surface area contributed by atoms with Crippen LogP contribution in [0.2, 0.25) is 0 Å². The summed E-state index contributed by atoms with van der Waals surface area (Å²) in [6.07, 6.45) is 14.1. The summed E-state index contributed by atoms with van der Waals surface area (Å²) < 4.78 is 0. The fourth-order valence-electron chi connectivity index (χ4n) is 2.88. The first-order valence-corrected chi connectivity index (χ1v) is 6.00. The lowest BCUT2D eigenvalue weighted by atomic mass is 9.90. The average Bonchev–Trinajstić information content (AvgIpc) is 2.62. The quantitative estimate of drug-likeness (QED) is 0.507. The Morgan fingerprint density at radius 1 is 1.20 bits per heavy atom. The van der Waals surface area contributed by atoms with Crippen molar-refractivity contribution in [3.05, 3.63) is 36.0 Å². The molecule has 0 bridgehead atoms. The van der Waals surface area contributed by atoms with E-state index >= 15 is 0 Å². The van der Waals surface area contributed by atoms with E-state index in [1.165, 1.54) is 12.8 Å². The highest BCUT2D eigenvalue weighted by atomic mass is 14.6. The maximum absolute atomic E-state index is 2.51. The molecule has 0 aliphatic heterocycles. The van der Waals surface area contributed by atoms with Crippen LogP contribution in [0.15, 0.2) is 36.0 Å². The third-order valence-corrected chi connectivity index (χ3v) is 4.14. The molecule has 0 heteroatoms. The average molecular weight is 202 g/mol. The van der Waals surface area contributed by atoms with Crippen molar-refractivity contribution in [1.82, 2.24) is 0 Å². The van der Waals surface area contributed by atoms with Crippen LogP contribution in [0.25, 0.3) is 0 Å². The van der Waals surface area contributed by atoms with Crippen LogP contribution in [0.5, 0.6) is 0 Å². The molecule has 0 radical (unpaired) electrons. The van der Waals surface area contributed by atoms with Gasteiger partial charge in [0, 0.05) is 0 Å². The summed E-state index contributed by atoms with van der Waals surface area (Å²) in [7, 11) is 0. The molecule has 0 amide bonds. The van der Waals surface area contributed by atoms with E-state index in [9.17, 15) is 0 Å². The Morgan fingerprint density at radius 2 is 1.93 bits per heavy atom. The molecule has 0 nitrogen and oxygen atoms in total. The molecule has 0 saturated heterocycles. The Kier molecular flexibility index (Phi) is 2.41. The molecule has 1 fully saturated rings. The van der Waals surface area contributed by atoms with E-state index in [1.807, 2.05) is 0 Å². The van der Waals surface area contributed by atoms with Crippen molar-refractivity contribution in [1.29, 1.82) is 0 Å². The normalized spacial score (nSPS) is 44.5. The van der Waals surface area contributed by atoms with Crippen LogP contribution in [-0.2, 0) is 0 Å². The zero-order valence-electron chi connectivity index (χ0n) is 10.4. The van der Waals surface area contributed by atoms with Gasteiger partial charge in [0.1, 0.15) is 0 Å². The van der Waals surface area contributed by atoms with Crippen LogP contribution in [0.4, 0.5) is 0 Å². The summed E-state index contributed by atoms with van der Waals surface area (Å²) in [6.45, 7) is 9.32. The molecule has 82 valence electrons. The maximum atomic E-state index is 2.51. The Hall–Kier alpha value is -0.780. The Labute approximate surface area is 93.8 Å². The number of allylic oxidation sites excluding steroid dienone is 6. The molecule has 0 heterocycles. The van der Waals surface area contributed by atoms with Gasteiger partial charge in [-0.05, 0) is 36.5 Å². The lowest BCUT2D eigenvalue weighted by Gasteiger charge is -2.15. The summed E-state index contributed by atoms with van der Waals surface area (Å²) in [5, 5.41) is 0. The lowest BCUT2D eigenvalue weighted by Crippen LogP contribution is -2.04. The molecular formula is C15H22. The molecule has 3 atom stereocenters. The molecular weight excluding hydrogens is 180 g/mol. The van der Waals surface area contributed by atoms with Crippen LogP contribution in [0.3, 0.4) is 0 Å². The molecule has 2 rings (SSSR count). The monoisotopic (exact) mass is 202 g/mol. The zero-order valence-corrected chi connectivity index (χ0v) is 10.4. The van der Waals surface area contributed by atoms with Crippen molar-refractivity contribution in [2.45, 2.75) is 40.5 Å². The summed E-state index contributed by atoms with van der Waals surface area (Å²) in [4.78, 5) is 0. The highest BCUT2D eigenvalue weighted by Crippen LogP contribution is 2.65. The minimum Gasteiger partial charge on any atom is -0.0814 e. The van der Waals surface area contributed by atoms with Gasteiger partial charge in [-0.15, -0.1) is 0 Å². The van der Waals surface area contributed by atoms with Gasteiger partial charge in [-0.3, -0.25) is 0 Å². The largest absolute Gasteiger partial charge is 0.0814 e. The number of hydrogen-bond acceptors (Lipinski definition) is 0. The van der Waals surface area contributed by atoms with Crippen molar-refractivity contribution in [3.8, 4) is 0 Å². The molecule has 0 aromatic carbocycles. The molecule has 1 saturated carbocycles. The number of rotatable bonds is 0. The van der Waals surface area contributed by atoms with Crippen LogP contribution in [0.1, 0.15) is 40.5 Å². The van der Waals surface area contributed by atoms with Crippen molar-refractivity contribution in [2.75, 3.05) is 0 Å². The third kappa shape index (κ3) is 1.95. The summed E-state index contributed by atoms with van der Waals surface area (Å²) in [6, 6.07) is 0. The van der Waals surface area contributed by atoms with Gasteiger partial charge in [-0.25, -0.2) is 0 Å². The van der Waals surface area contributed by atoms with Crippen LogP contribution < -0.4 is 0 Å². The highest BCUT2D eigenvalue weighted by Gasteiger charge is 2.57. The second-order valence-electron chi connectivity index (χ2n) is 5.93. The second-order valence-corrected chi connectivity index (χ2v) is 5.93. The van der Waals surface area contributed by atoms with Gasteiger partial charge in [0.05, 0.1) is 0 Å². The summed E-state index contributed by atoms with van der Waals surface area (Å²) >= 11 is 0. The SMILES string of the molecule is CC1=CC2(C)CC2(C)C=CC=CC(C)C1. The minimum absolute atomic E-state index is 0.402. The fourth-order valence-corrected chi connectivity index (χ4v) is 2.88. The Bertz CT molecular complexity index is 345. The molecule has 0 N–H and O–H groups in total. The van der Waals surface area contributed by atoms with E-state index in [4.69, 9.17) is 0 Å². The fraction of sp³-hybridized carbons (Fsp3) is 0.600. The predicted octanol–water partition coefficient (Wildman–Crippen LogP) is 4.50. The van der Waals surface area contributed by atoms with E-state index in [0.29, 0.717) is 16.7 Å². The van der Waals surface area contributed by atoms with Gasteiger partial charge >= 0.3 is 0 Å². The molecule has 0 spiro atoms. The van der Waals surface area contributed by atoms with Crippen molar-refractivity contribution < 1.29 is 0 Å². The van der Waals surface area contributed by atoms with Crippen molar-refractivity contribution in [2.24, 2.45) is 16.7 Å². The van der Waals surface area contributed by atoms with Gasteiger partial charge < -0.3 is 0 Å². The third-order valence-electron chi connectivity index (χ3n) is 4.14. The van der Waals surface area contributed by atoms with E-state index in [0.717, 1.165) is 0 Å². The Balaban J connectivity index is 2.30. The smallest absolute Gasteiger partial charge is 0.00463 e. The van der Waals surface area contributed by atoms with Gasteiger partial charge in [0.15, 0.2) is 0 Å². The molecule has 2 aliphatic rings. The highest BCUT2D eigenvalue weighted by molar-refractivity contribution is 5.31. The first kappa shape index (κ1) is 10.7. The van der Waals surface area contributed by atoms with Crippen molar-refractivity contribution >= 4 is 0 Å². The molecule has 15 heavy (non-hydrogen) atoms. The maximum Gasteiger partial charge on any atom is -0.00463 e. The standard InChI is InChI=1S/C15H22/c1-12-7-5-6-8-14(3)11-15(14,4)10-13(2)9-12/h5-8,10,12H,9,11H2,1-4H3. The molecule has 0 aromatic rings. The Morgan fingerprint density at radius 3 is 2.67 bits per heavy atom. The number of hydrogen-bond donors (Lipinski definition) is 0. The van der Waals surface area contributed by atoms with E-state index < -0.39 is 0 Å². The molecule has 3 unspecified atom stereocenters. The van der Waals surface area contributed by atoms with Crippen molar-refractivity contribution in [3.63, 3.8) is 0 Å². The van der Waals surface area contributed by atoms with E-state index in [1.54, 1.807) is 5.57 Å². The van der Waals surface area contributed by atoms with E-state index in [2.05, 4.69) is 58.1 Å². The van der Waals surface area contributed by atoms with Gasteiger partial charge in [-0.2, -0.15) is 0 Å². The first-order valence-electron chi connectivity index (χ1n) is 6.00. The summed E-state index contributed by atoms with van der Waals surface area (Å²) in [5.74, 6) is 0.664. The molecule has 0 aromatic heterocycles. The van der Waals surface area contributed by atoms with E-state index in [-0.39, 0.29) is 0 Å². The predicted molar refractivity (Wildman–Crippen MR) is 66.6 cm³/mol. The number of fused-ring (bicyclic) bond motifs is 1. The lowest BCUT2D eigenvalue weighted by molar-refractivity contribution is 0.549. The zero-order chi connectivity index (χ0) is 11.1. The topological polar surface area (TPSA) is 0 Å². The van der Waals surface area contributed by atoms with Crippen LogP contribution in [0, 0.1) is 16.7 Å². The van der Waals surface area contributed by atoms with Gasteiger partial charge in [-0.1, -0.05) is 56.7 Å². The van der Waals surface area contributed by atoms with Gasteiger partial charge in [0.2, 0.25) is 0 Å². The minimum atomic E-state index is 0.402.